The third-order valence-electron chi connectivity index (χ3n) is 2.77. The normalized spacial score (nSPS) is 25.9. The molecule has 4 nitrogen and oxygen atoms in total. The fourth-order valence-electron chi connectivity index (χ4n) is 2.37. The minimum atomic E-state index is 0.180. The van der Waals surface area contributed by atoms with Crippen LogP contribution in [-0.2, 0) is 28.7 Å². The van der Waals surface area contributed by atoms with Gasteiger partial charge in [0, 0.05) is 12.1 Å². The Bertz CT molecular complexity index is 215. The molecular formula is C12H24N2O2Ti. The maximum atomic E-state index is 10.3. The van der Waals surface area contributed by atoms with Crippen molar-refractivity contribution < 1.29 is 28.7 Å². The van der Waals surface area contributed by atoms with Gasteiger partial charge in [-0.1, -0.05) is 13.8 Å². The molecule has 2 N–H and O–H groups in total. The van der Waals surface area contributed by atoms with Gasteiger partial charge in [0.05, 0.1) is 0 Å². The first-order valence-corrected chi connectivity index (χ1v) is 9.09. The van der Waals surface area contributed by atoms with Crippen LogP contribution in [0.3, 0.4) is 0 Å². The number of amides is 2. The Kier molecular flexibility index (Phi) is 8.53. The van der Waals surface area contributed by atoms with Gasteiger partial charge in [-0.3, -0.25) is 9.59 Å². The van der Waals surface area contributed by atoms with E-state index in [-0.39, 0.29) is 17.5 Å². The molecular weight excluding hydrogens is 252 g/mol. The summed E-state index contributed by atoms with van der Waals surface area (Å²) in [6.07, 6.45) is 4.26. The van der Waals surface area contributed by atoms with E-state index in [1.54, 1.807) is 0 Å². The number of rotatable bonds is 4. The average Bonchev–Trinajstić information content (AvgIpc) is 2.17. The zero-order chi connectivity index (χ0) is 13.3. The second-order valence-electron chi connectivity index (χ2n) is 5.27. The van der Waals surface area contributed by atoms with Crippen molar-refractivity contribution in [2.24, 2.45) is 5.41 Å². The van der Waals surface area contributed by atoms with Crippen molar-refractivity contribution in [2.75, 3.05) is 0 Å². The Morgan fingerprint density at radius 2 is 1.41 bits per heavy atom. The van der Waals surface area contributed by atoms with Crippen LogP contribution in [0.4, 0.5) is 0 Å². The molecule has 5 heteroatoms. The summed E-state index contributed by atoms with van der Waals surface area (Å²) in [5.41, 5.74) is 0.180. The summed E-state index contributed by atoms with van der Waals surface area (Å²) in [5, 5.41) is 10.1. The Morgan fingerprint density at radius 3 is 1.71 bits per heavy atom. The van der Waals surface area contributed by atoms with Gasteiger partial charge in [-0.2, -0.15) is 0 Å². The van der Waals surface area contributed by atoms with Gasteiger partial charge in [0.1, 0.15) is 0 Å². The molecule has 0 spiro atoms. The topological polar surface area (TPSA) is 58.2 Å². The minimum absolute atomic E-state index is 0.180. The molecule has 2 unspecified atom stereocenters. The fourth-order valence-corrected chi connectivity index (χ4v) is 2.37. The van der Waals surface area contributed by atoms with Crippen LogP contribution in [0.25, 0.3) is 0 Å². The summed E-state index contributed by atoms with van der Waals surface area (Å²) in [5.74, 6) is 0. The van der Waals surface area contributed by atoms with E-state index in [1.165, 1.54) is 0 Å². The zero-order valence-electron chi connectivity index (χ0n) is 11.2. The van der Waals surface area contributed by atoms with E-state index in [0.29, 0.717) is 19.2 Å². The summed E-state index contributed by atoms with van der Waals surface area (Å²) >= 11 is 0.500. The SMILES string of the molecule is CC1(C)CC(NC=O)CC(NC=O)C1.[CH3][Ti][CH3]. The van der Waals surface area contributed by atoms with Gasteiger partial charge in [-0.25, -0.2) is 0 Å². The van der Waals surface area contributed by atoms with Crippen molar-refractivity contribution in [3.8, 4) is 0 Å². The number of carbonyl (C=O) groups is 2. The molecule has 2 atom stereocenters. The number of carbonyl (C=O) groups excluding carboxylic acids is 2. The number of nitrogens with one attached hydrogen (secondary N) is 2. The number of hydrogen-bond acceptors (Lipinski definition) is 2. The molecule has 0 aliphatic heterocycles. The average molecular weight is 276 g/mol. The van der Waals surface area contributed by atoms with Gasteiger partial charge in [-0.15, -0.1) is 0 Å². The Balaban J connectivity index is 0.000000770. The number of hydrogen-bond donors (Lipinski definition) is 2. The standard InChI is InChI=1S/C10H18N2O2.2CH3.Ti/c1-10(2)4-8(11-6-13)3-9(5-10)12-7-14;;;/h6-9H,3-5H2,1-2H3,(H,11,13)(H,12,14);2*1H3;. The van der Waals surface area contributed by atoms with Crippen molar-refractivity contribution in [3.05, 3.63) is 0 Å². The van der Waals surface area contributed by atoms with Crippen LogP contribution in [0, 0.1) is 5.41 Å². The molecule has 1 saturated carbocycles. The zero-order valence-corrected chi connectivity index (χ0v) is 12.8. The molecule has 17 heavy (non-hydrogen) atoms. The monoisotopic (exact) mass is 276 g/mol. The first kappa shape index (κ1) is 16.7. The molecule has 0 aromatic rings. The molecule has 0 aromatic carbocycles. The van der Waals surface area contributed by atoms with Crippen molar-refractivity contribution >= 4 is 12.8 Å². The Labute approximate surface area is 113 Å². The van der Waals surface area contributed by atoms with Gasteiger partial charge < -0.3 is 10.6 Å². The van der Waals surface area contributed by atoms with Crippen molar-refractivity contribution in [1.82, 2.24) is 10.6 Å². The van der Waals surface area contributed by atoms with Crippen LogP contribution in [0.2, 0.25) is 10.5 Å². The van der Waals surface area contributed by atoms with Crippen LogP contribution in [-0.4, -0.2) is 24.9 Å². The first-order chi connectivity index (χ1) is 7.99. The van der Waals surface area contributed by atoms with Gasteiger partial charge in [0.15, 0.2) is 0 Å². The summed E-state index contributed by atoms with van der Waals surface area (Å²) in [6, 6.07) is 0.377. The molecule has 0 saturated heterocycles. The van der Waals surface area contributed by atoms with Crippen molar-refractivity contribution in [3.63, 3.8) is 0 Å². The predicted molar refractivity (Wildman–Crippen MR) is 65.3 cm³/mol. The Morgan fingerprint density at radius 1 is 1.06 bits per heavy atom. The van der Waals surface area contributed by atoms with Crippen LogP contribution in [0.5, 0.6) is 0 Å². The molecule has 1 fully saturated rings. The summed E-state index contributed by atoms with van der Waals surface area (Å²) in [6.45, 7) is 4.32. The molecule has 0 bridgehead atoms. The van der Waals surface area contributed by atoms with E-state index in [4.69, 9.17) is 0 Å². The predicted octanol–water partition coefficient (Wildman–Crippen LogP) is 1.59. The fraction of sp³-hybridized carbons (Fsp3) is 0.833. The van der Waals surface area contributed by atoms with E-state index < -0.39 is 0 Å². The van der Waals surface area contributed by atoms with Gasteiger partial charge in [0.2, 0.25) is 12.8 Å². The second-order valence-corrected chi connectivity index (χ2v) is 6.83. The van der Waals surface area contributed by atoms with Crippen LogP contribution >= 0.6 is 0 Å². The molecule has 1 aliphatic rings. The van der Waals surface area contributed by atoms with Gasteiger partial charge in [-0.05, 0) is 24.7 Å². The first-order valence-electron chi connectivity index (χ1n) is 5.97. The second kappa shape index (κ2) is 8.70. The van der Waals surface area contributed by atoms with E-state index in [0.717, 1.165) is 32.1 Å². The van der Waals surface area contributed by atoms with Gasteiger partial charge >= 0.3 is 29.6 Å². The molecule has 0 aromatic heterocycles. The molecule has 98 valence electrons. The van der Waals surface area contributed by atoms with Gasteiger partial charge in [0.25, 0.3) is 0 Å². The van der Waals surface area contributed by atoms with Crippen molar-refractivity contribution in [2.45, 2.75) is 55.7 Å². The Hall–Kier alpha value is -0.346. The van der Waals surface area contributed by atoms with Crippen molar-refractivity contribution in [1.29, 1.82) is 0 Å². The van der Waals surface area contributed by atoms with E-state index in [2.05, 4.69) is 34.9 Å². The molecule has 0 heterocycles. The molecule has 1 aliphatic carbocycles. The van der Waals surface area contributed by atoms with Crippen LogP contribution in [0.15, 0.2) is 0 Å². The van der Waals surface area contributed by atoms with Crippen LogP contribution < -0.4 is 10.6 Å². The summed E-state index contributed by atoms with van der Waals surface area (Å²) < 4.78 is 0. The quantitative estimate of drug-likeness (QED) is 0.605. The molecule has 2 amide bonds. The van der Waals surface area contributed by atoms with E-state index in [9.17, 15) is 9.59 Å². The van der Waals surface area contributed by atoms with E-state index in [1.807, 2.05) is 0 Å². The van der Waals surface area contributed by atoms with E-state index >= 15 is 0 Å². The maximum absolute atomic E-state index is 10.3. The summed E-state index contributed by atoms with van der Waals surface area (Å²) in [4.78, 5) is 20.7. The van der Waals surface area contributed by atoms with Crippen LogP contribution in [0.1, 0.15) is 33.1 Å². The molecule has 1 rings (SSSR count). The third-order valence-corrected chi connectivity index (χ3v) is 2.77. The summed E-state index contributed by atoms with van der Waals surface area (Å²) in [7, 11) is 0. The third kappa shape index (κ3) is 7.56. The molecule has 0 radical (unpaired) electrons.